The number of morpholine rings is 1. The number of rotatable bonds is 7. The molecule has 0 radical (unpaired) electrons. The van der Waals surface area contributed by atoms with Crippen LogP contribution in [0.25, 0.3) is 11.1 Å². The fraction of sp³-hybridized carbons (Fsp3) is 0.226. The number of alkyl halides is 3. The number of hydrogen-bond acceptors (Lipinski definition) is 7. The van der Waals surface area contributed by atoms with Crippen molar-refractivity contribution in [3.05, 3.63) is 106 Å². The highest BCUT2D eigenvalue weighted by molar-refractivity contribution is 6.66. The summed E-state index contributed by atoms with van der Waals surface area (Å²) in [6, 6.07) is 16.3. The van der Waals surface area contributed by atoms with Crippen LogP contribution in [0.5, 0.6) is 0 Å². The number of halogens is 3. The van der Waals surface area contributed by atoms with E-state index < -0.39 is 9.70 Å². The van der Waals surface area contributed by atoms with E-state index in [1.807, 2.05) is 0 Å². The second-order valence-electron chi connectivity index (χ2n) is 10.0. The average Bonchev–Trinajstić information content (AvgIpc) is 3.03. The van der Waals surface area contributed by atoms with Gasteiger partial charge in [-0.05, 0) is 42.0 Å². The molecule has 4 aromatic rings. The van der Waals surface area contributed by atoms with E-state index in [9.17, 15) is 19.5 Å². The Bertz CT molecular complexity index is 1730. The van der Waals surface area contributed by atoms with Crippen molar-refractivity contribution in [1.29, 1.82) is 0 Å². The Labute approximate surface area is 268 Å². The lowest BCUT2D eigenvalue weighted by Crippen LogP contribution is -2.40. The smallest absolute Gasteiger partial charge is 0.274 e. The number of nitrogens with zero attached hydrogens (tertiary/aromatic N) is 3. The molecule has 13 heteroatoms. The fourth-order valence-corrected chi connectivity index (χ4v) is 5.16. The van der Waals surface area contributed by atoms with Gasteiger partial charge in [-0.1, -0.05) is 59.1 Å². The fourth-order valence-electron chi connectivity index (χ4n) is 4.78. The minimum Gasteiger partial charge on any atom is -0.392 e. The van der Waals surface area contributed by atoms with Crippen LogP contribution >= 0.6 is 34.8 Å². The first kappa shape index (κ1) is 31.5. The Kier molecular flexibility index (Phi) is 9.57. The first-order chi connectivity index (χ1) is 21.0. The number of aromatic nitrogens is 2. The summed E-state index contributed by atoms with van der Waals surface area (Å²) < 4.78 is 5.10. The number of nitrogens with one attached hydrogen (secondary N) is 2. The van der Waals surface area contributed by atoms with E-state index >= 15 is 0 Å². The summed E-state index contributed by atoms with van der Waals surface area (Å²) in [5.74, 6) is -0.173. The third-order valence-corrected chi connectivity index (χ3v) is 7.78. The van der Waals surface area contributed by atoms with Crippen molar-refractivity contribution in [2.45, 2.75) is 10.4 Å². The first-order valence-corrected chi connectivity index (χ1v) is 14.7. The molecule has 3 N–H and O–H groups in total. The molecule has 0 spiro atoms. The van der Waals surface area contributed by atoms with Crippen LogP contribution in [-0.4, -0.2) is 57.7 Å². The minimum absolute atomic E-state index is 0.131. The van der Waals surface area contributed by atoms with Crippen LogP contribution in [0.3, 0.4) is 0 Å². The first-order valence-electron chi connectivity index (χ1n) is 13.6. The number of amides is 2. The molecule has 0 bridgehead atoms. The standard InChI is InChI=1S/C31H28Cl3N5O5/c1-38-17-21(15-26(30(38)43)36-27-10-7-20(16-35-27)29(42)39-11-13-44-14-12-39)23-3-2-4-25(24(23)18-40)37-28(41)19-5-8-22(9-6-19)31(32,33)34/h2-10,15-17,40H,11-14,18H2,1H3,(H,35,36)(H,37,41). The van der Waals surface area contributed by atoms with Gasteiger partial charge in [0.15, 0.2) is 0 Å². The lowest BCUT2D eigenvalue weighted by molar-refractivity contribution is 0.0302. The molecule has 228 valence electrons. The van der Waals surface area contributed by atoms with Gasteiger partial charge in [0, 0.05) is 60.5 Å². The molecule has 2 aromatic heterocycles. The third-order valence-electron chi connectivity index (χ3n) is 7.12. The predicted octanol–water partition coefficient (Wildman–Crippen LogP) is 5.23. The Hall–Kier alpha value is -3.93. The van der Waals surface area contributed by atoms with Gasteiger partial charge >= 0.3 is 0 Å². The molecule has 2 aromatic carbocycles. The van der Waals surface area contributed by atoms with E-state index in [0.717, 1.165) is 0 Å². The SMILES string of the molecule is Cn1cc(-c2cccc(NC(=O)c3ccc(C(Cl)(Cl)Cl)cc3)c2CO)cc(Nc2ccc(C(=O)N3CCOCC3)cn2)c1=O. The maximum atomic E-state index is 13.0. The Balaban J connectivity index is 1.38. The lowest BCUT2D eigenvalue weighted by Gasteiger charge is -2.26. The monoisotopic (exact) mass is 655 g/mol. The average molecular weight is 657 g/mol. The molecule has 0 unspecified atom stereocenters. The van der Waals surface area contributed by atoms with Crippen LogP contribution < -0.4 is 16.2 Å². The topological polar surface area (TPSA) is 126 Å². The van der Waals surface area contributed by atoms with E-state index in [4.69, 9.17) is 39.5 Å². The van der Waals surface area contributed by atoms with Crippen molar-refractivity contribution in [2.24, 2.45) is 7.05 Å². The van der Waals surface area contributed by atoms with Gasteiger partial charge in [-0.25, -0.2) is 4.98 Å². The number of benzene rings is 2. The maximum Gasteiger partial charge on any atom is 0.274 e. The van der Waals surface area contributed by atoms with Gasteiger partial charge in [-0.2, -0.15) is 0 Å². The van der Waals surface area contributed by atoms with Crippen molar-refractivity contribution in [2.75, 3.05) is 36.9 Å². The number of aliphatic hydroxyl groups excluding tert-OH is 1. The van der Waals surface area contributed by atoms with Gasteiger partial charge in [0.25, 0.3) is 17.4 Å². The normalized spacial score (nSPS) is 13.4. The molecular weight excluding hydrogens is 629 g/mol. The number of aryl methyl sites for hydroxylation is 1. The number of aliphatic hydroxyl groups is 1. The van der Waals surface area contributed by atoms with Crippen LogP contribution in [0.4, 0.5) is 17.2 Å². The summed E-state index contributed by atoms with van der Waals surface area (Å²) in [4.78, 5) is 44.8. The van der Waals surface area contributed by atoms with Gasteiger partial charge in [0.2, 0.25) is 3.79 Å². The zero-order valence-corrected chi connectivity index (χ0v) is 25.8. The molecule has 0 aliphatic carbocycles. The van der Waals surface area contributed by atoms with Gasteiger partial charge in [-0.15, -0.1) is 0 Å². The summed E-state index contributed by atoms with van der Waals surface area (Å²) in [6.07, 6.45) is 3.11. The highest BCUT2D eigenvalue weighted by Gasteiger charge is 2.23. The van der Waals surface area contributed by atoms with Crippen LogP contribution in [0.2, 0.25) is 0 Å². The Morgan fingerprint density at radius 3 is 2.34 bits per heavy atom. The van der Waals surface area contributed by atoms with Gasteiger partial charge in [-0.3, -0.25) is 14.4 Å². The number of pyridine rings is 2. The van der Waals surface area contributed by atoms with Crippen LogP contribution in [0.1, 0.15) is 31.8 Å². The van der Waals surface area contributed by atoms with E-state index in [-0.39, 0.29) is 23.8 Å². The molecule has 10 nitrogen and oxygen atoms in total. The Morgan fingerprint density at radius 1 is 1.00 bits per heavy atom. The molecule has 0 atom stereocenters. The van der Waals surface area contributed by atoms with Crippen LogP contribution in [0, 0.1) is 0 Å². The number of hydrogen-bond donors (Lipinski definition) is 3. The highest BCUT2D eigenvalue weighted by atomic mass is 35.6. The van der Waals surface area contributed by atoms with Crippen LogP contribution in [-0.2, 0) is 22.2 Å². The van der Waals surface area contributed by atoms with E-state index in [0.29, 0.717) is 71.2 Å². The van der Waals surface area contributed by atoms with E-state index in [1.165, 1.54) is 10.8 Å². The molecule has 1 aliphatic heterocycles. The van der Waals surface area contributed by atoms with E-state index in [1.54, 1.807) is 78.8 Å². The van der Waals surface area contributed by atoms with Crippen molar-refractivity contribution < 1.29 is 19.4 Å². The van der Waals surface area contributed by atoms with Crippen molar-refractivity contribution in [1.82, 2.24) is 14.5 Å². The molecule has 0 saturated carbocycles. The van der Waals surface area contributed by atoms with Crippen molar-refractivity contribution >= 4 is 63.8 Å². The highest BCUT2D eigenvalue weighted by Crippen LogP contribution is 2.38. The molecule has 1 aliphatic rings. The number of anilines is 3. The second-order valence-corrected chi connectivity index (χ2v) is 12.3. The molecule has 5 rings (SSSR count). The van der Waals surface area contributed by atoms with Crippen molar-refractivity contribution in [3.8, 4) is 11.1 Å². The lowest BCUT2D eigenvalue weighted by atomic mass is 9.99. The van der Waals surface area contributed by atoms with E-state index in [2.05, 4.69) is 15.6 Å². The van der Waals surface area contributed by atoms with Gasteiger partial charge in [0.05, 0.1) is 25.4 Å². The van der Waals surface area contributed by atoms with Crippen molar-refractivity contribution in [3.63, 3.8) is 0 Å². The van der Waals surface area contributed by atoms with Gasteiger partial charge < -0.3 is 29.9 Å². The maximum absolute atomic E-state index is 13.0. The zero-order valence-electron chi connectivity index (χ0n) is 23.5. The number of carbonyl (C=O) groups excluding carboxylic acids is 2. The summed E-state index contributed by atoms with van der Waals surface area (Å²) in [5.41, 5.74) is 3.18. The Morgan fingerprint density at radius 2 is 1.70 bits per heavy atom. The molecule has 3 heterocycles. The summed E-state index contributed by atoms with van der Waals surface area (Å²) >= 11 is 17.7. The number of ether oxygens (including phenoxy) is 1. The molecular formula is C31H28Cl3N5O5. The molecule has 1 saturated heterocycles. The second kappa shape index (κ2) is 13.4. The minimum atomic E-state index is -1.61. The van der Waals surface area contributed by atoms with Crippen LogP contribution in [0.15, 0.2) is 77.9 Å². The third kappa shape index (κ3) is 7.06. The summed E-state index contributed by atoms with van der Waals surface area (Å²) in [6.45, 7) is 1.66. The molecule has 44 heavy (non-hydrogen) atoms. The predicted molar refractivity (Wildman–Crippen MR) is 171 cm³/mol. The molecule has 1 fully saturated rings. The quantitative estimate of drug-likeness (QED) is 0.233. The summed E-state index contributed by atoms with van der Waals surface area (Å²) in [7, 11) is 1.61. The van der Waals surface area contributed by atoms with Gasteiger partial charge in [0.1, 0.15) is 11.5 Å². The zero-order chi connectivity index (χ0) is 31.4. The summed E-state index contributed by atoms with van der Waals surface area (Å²) in [5, 5.41) is 16.2. The molecule has 2 amide bonds. The largest absolute Gasteiger partial charge is 0.392 e. The number of carbonyl (C=O) groups is 2.